The molecule has 0 spiro atoms. The summed E-state index contributed by atoms with van der Waals surface area (Å²) in [5, 5.41) is 337. The standard InChI is InChI=1S/C75H125N5O55/c1-19-39(97)48(106)51(109)69(118-19)133-64-49(107)41(99)27(9-83)121-73(64)130-58-30(12-86)122-65(36(45(58)103)78-21(3)92)117-17-34-44(102)62(132-67-38(80-23(5)94)47(105)57(32(14-88)124-67)128-72-55(113)63(43(101)29(11-85)120-72)135-75(74(114)115)6-25(95)35(77-20(2)91)60(134-75)40(98)26(96)8-82)54(112)71(126-34)127-56-31(13-87)123-66(37(46(56)104)79-22(4)93)131-61-42(100)28(10-84)119-70(53(61)111)129-59-33(15-89)125-68(52(110)50(59)108)116-16-24(7-81)76-18-90/h18-19,24-73,81-89,95-113H,6-17H2,1-5H3,(H,76,90)(H,77,91)(H,78,92)(H,79,93)(H,80,94)(H,114,115)/t19-,24+,25-,26+,27+,28+,29+,30+,31+,32+,33+,34+,35+,36+,37+,38+,39+,40+,41-,42-,43-,44-,45+,46+,47+,48+,49-,50+,51-,52+,53+,54+,55+,56+,57+,58+,59+,60+,61-,62-,63-,64+,65+,66-,67+,68+,69-,70-,71-,72-,73-,75-/m0/s1. The lowest BCUT2D eigenvalue weighted by Crippen LogP contribution is -2.71. The molecule has 60 heteroatoms. The van der Waals surface area contributed by atoms with E-state index in [1.807, 2.05) is 0 Å². The van der Waals surface area contributed by atoms with Gasteiger partial charge in [0.05, 0.1) is 97.0 Å². The van der Waals surface area contributed by atoms with Crippen molar-refractivity contribution >= 4 is 36.0 Å². The van der Waals surface area contributed by atoms with Crippen molar-refractivity contribution < 1.29 is 272 Å². The van der Waals surface area contributed by atoms with Gasteiger partial charge in [0.15, 0.2) is 56.6 Å². The van der Waals surface area contributed by atoms with Crippen molar-refractivity contribution in [3.8, 4) is 0 Å². The van der Waals surface area contributed by atoms with Crippen molar-refractivity contribution in [1.82, 2.24) is 26.6 Å². The molecule has 0 aromatic carbocycles. The summed E-state index contributed by atoms with van der Waals surface area (Å²) < 4.78 is 118. The number of amides is 5. The van der Waals surface area contributed by atoms with Gasteiger partial charge in [-0.2, -0.15) is 0 Å². The maximum atomic E-state index is 13.4. The van der Waals surface area contributed by atoms with E-state index < -0.39 is 427 Å². The van der Waals surface area contributed by atoms with Crippen molar-refractivity contribution in [3.05, 3.63) is 0 Å². The van der Waals surface area contributed by atoms with Crippen molar-refractivity contribution in [1.29, 1.82) is 0 Å². The highest BCUT2D eigenvalue weighted by Gasteiger charge is 2.64. The molecule has 10 saturated heterocycles. The molecule has 10 rings (SSSR count). The number of aliphatic carboxylic acids is 1. The van der Waals surface area contributed by atoms with Gasteiger partial charge in [-0.1, -0.05) is 0 Å². The van der Waals surface area contributed by atoms with Crippen LogP contribution in [-0.4, -0.2) is 575 Å². The van der Waals surface area contributed by atoms with Crippen molar-refractivity contribution in [3.63, 3.8) is 0 Å². The van der Waals surface area contributed by atoms with Crippen LogP contribution in [0.5, 0.6) is 0 Å². The molecule has 0 saturated carbocycles. The van der Waals surface area contributed by atoms with Gasteiger partial charge in [-0.3, -0.25) is 24.0 Å². The Morgan fingerprint density at radius 3 is 1.14 bits per heavy atom. The first-order chi connectivity index (χ1) is 63.8. The number of carboxylic acids is 1. The highest BCUT2D eigenvalue weighted by atomic mass is 16.8. The maximum absolute atomic E-state index is 13.4. The first-order valence-corrected chi connectivity index (χ1v) is 42.8. The molecule has 34 N–H and O–H groups in total. The topological polar surface area (TPSA) is 934 Å². The number of carbonyl (C=O) groups excluding carboxylic acids is 5. The lowest BCUT2D eigenvalue weighted by atomic mass is 9.88. The SMILES string of the molecule is CC(=O)N[C@H]1[C@H](O[C@H]2[C@@H](O)[C@@H](CO)O[C@@H](O[C@H]3[C@H](O)[C@@H](O)[C@H](OC[C@@H](CO)NC=O)O[C@@H]3CO)[C@@H]2O)O[C@H](CO)[C@@H](O[C@@H]2O[C@H](CO[C@@H]3O[C@H](CO)[C@@H](O[C@@H]4O[C@H](CO)[C@H](O)[C@H](O)[C@H]4O[C@@H]4O[C@@H](C)[C@@H](O)[C@@H](O)[C@@H]4O)[C@H](O)[C@H]3NC(C)=O)[C@H](O)[C@H](O[C@H]3O[C@H](CO)[C@@H](O[C@@H]4O[C@H](CO)[C@H](O)[C@H](O[C@]5(C(=O)O)C[C@H](O)[C@@H](NC(C)=O)[C@H]([C@H](O)[C@H](O)CO)O5)[C@H]4O)[C@H](O)[C@H]3NC(C)=O)[C@H]2O)[C@@H]1O. The average Bonchev–Trinajstić information content (AvgIpc) is 0.745. The molecule has 0 radical (unpaired) electrons. The van der Waals surface area contributed by atoms with Crippen LogP contribution < -0.4 is 26.6 Å². The van der Waals surface area contributed by atoms with Crippen LogP contribution in [0, 0.1) is 0 Å². The van der Waals surface area contributed by atoms with Crippen molar-refractivity contribution in [2.75, 3.05) is 72.7 Å². The molecular formula is C75H125N5O55. The number of carbonyl (C=O) groups is 6. The van der Waals surface area contributed by atoms with Crippen molar-refractivity contribution in [2.45, 2.75) is 359 Å². The number of ether oxygens (including phenoxy) is 20. The molecule has 135 heavy (non-hydrogen) atoms. The largest absolute Gasteiger partial charge is 0.477 e. The monoisotopic (exact) mass is 1980 g/mol. The number of rotatable bonds is 40. The summed E-state index contributed by atoms with van der Waals surface area (Å²) in [5.74, 6) is -9.52. The summed E-state index contributed by atoms with van der Waals surface area (Å²) in [6, 6.07) is -9.05. The zero-order valence-electron chi connectivity index (χ0n) is 72.6. The minimum atomic E-state index is -3.34. The van der Waals surface area contributed by atoms with E-state index in [2.05, 4.69) is 26.6 Å². The lowest BCUT2D eigenvalue weighted by Gasteiger charge is -2.51. The summed E-state index contributed by atoms with van der Waals surface area (Å²) in [7, 11) is 0. The fraction of sp³-hybridized carbons (Fsp3) is 0.920. The maximum Gasteiger partial charge on any atom is 0.364 e. The Labute approximate surface area is 764 Å². The molecule has 10 heterocycles. The van der Waals surface area contributed by atoms with Gasteiger partial charge in [-0.15, -0.1) is 0 Å². The molecule has 0 aliphatic carbocycles. The first-order valence-electron chi connectivity index (χ1n) is 42.8. The molecule has 5 amide bonds. The third-order valence-electron chi connectivity index (χ3n) is 24.4. The molecule has 60 nitrogen and oxygen atoms in total. The van der Waals surface area contributed by atoms with Crippen molar-refractivity contribution in [2.24, 2.45) is 0 Å². The Bertz CT molecular complexity index is 3720. The van der Waals surface area contributed by atoms with E-state index in [0.29, 0.717) is 0 Å². The smallest absolute Gasteiger partial charge is 0.364 e. The molecule has 52 atom stereocenters. The summed E-state index contributed by atoms with van der Waals surface area (Å²) in [6.45, 7) is -7.09. The van der Waals surface area contributed by atoms with Gasteiger partial charge in [0.25, 0.3) is 5.79 Å². The number of aliphatic hydroxyl groups is 28. The minimum absolute atomic E-state index is 0.230. The summed E-state index contributed by atoms with van der Waals surface area (Å²) >= 11 is 0. The Kier molecular flexibility index (Phi) is 40.8. The molecule has 0 aromatic rings. The number of carboxylic acid groups (broad SMARTS) is 1. The van der Waals surface area contributed by atoms with E-state index in [0.717, 1.165) is 27.7 Å². The fourth-order valence-corrected chi connectivity index (χ4v) is 17.2. The van der Waals surface area contributed by atoms with Gasteiger partial charge in [0.2, 0.25) is 30.0 Å². The second-order valence-corrected chi connectivity index (χ2v) is 33.9. The molecule has 10 aliphatic rings. The van der Waals surface area contributed by atoms with Crippen LogP contribution in [0.15, 0.2) is 0 Å². The van der Waals surface area contributed by atoms with E-state index in [9.17, 15) is 177 Å². The second-order valence-electron chi connectivity index (χ2n) is 33.9. The molecule has 10 aliphatic heterocycles. The van der Waals surface area contributed by atoms with E-state index in [1.54, 1.807) is 0 Å². The summed E-state index contributed by atoms with van der Waals surface area (Å²) in [6.07, 6.45) is -99.8. The van der Waals surface area contributed by atoms with Crippen LogP contribution in [-0.2, 0) is 124 Å². The van der Waals surface area contributed by atoms with Crippen LogP contribution >= 0.6 is 0 Å². The molecule has 780 valence electrons. The Morgan fingerprint density at radius 2 is 0.704 bits per heavy atom. The number of hydrogen-bond acceptors (Lipinski definition) is 54. The normalized spacial score (nSPS) is 46.7. The predicted octanol–water partition coefficient (Wildman–Crippen LogP) is -22.9. The first kappa shape index (κ1) is 112. The van der Waals surface area contributed by atoms with Crippen LogP contribution in [0.3, 0.4) is 0 Å². The molecule has 0 unspecified atom stereocenters. The second kappa shape index (κ2) is 49.3. The molecule has 0 aromatic heterocycles. The van der Waals surface area contributed by atoms with Gasteiger partial charge in [-0.05, 0) is 6.92 Å². The Morgan fingerprint density at radius 1 is 0.356 bits per heavy atom. The fourth-order valence-electron chi connectivity index (χ4n) is 17.2. The highest BCUT2D eigenvalue weighted by Crippen LogP contribution is 2.43. The number of aliphatic hydroxyl groups excluding tert-OH is 28. The Hall–Kier alpha value is -5.10. The minimum Gasteiger partial charge on any atom is -0.477 e. The number of hydrogen-bond donors (Lipinski definition) is 34. The van der Waals surface area contributed by atoms with E-state index in [-0.39, 0.29) is 6.41 Å². The third kappa shape index (κ3) is 25.2. The highest BCUT2D eigenvalue weighted by molar-refractivity contribution is 5.77. The molecule has 0 bridgehead atoms. The van der Waals surface area contributed by atoms with Gasteiger partial charge < -0.3 is 269 Å². The van der Waals surface area contributed by atoms with E-state index in [1.165, 1.54) is 6.92 Å². The average molecular weight is 1980 g/mol. The van der Waals surface area contributed by atoms with Gasteiger partial charge in [0, 0.05) is 34.1 Å². The molecular weight excluding hydrogens is 1850 g/mol. The van der Waals surface area contributed by atoms with Gasteiger partial charge in [0.1, 0.15) is 232 Å². The van der Waals surface area contributed by atoms with Gasteiger partial charge >= 0.3 is 5.97 Å². The van der Waals surface area contributed by atoms with Crippen LogP contribution in [0.25, 0.3) is 0 Å². The van der Waals surface area contributed by atoms with Crippen LogP contribution in [0.1, 0.15) is 41.0 Å². The zero-order chi connectivity index (χ0) is 99.7. The van der Waals surface area contributed by atoms with Gasteiger partial charge in [-0.25, -0.2) is 4.79 Å². The number of nitrogens with one attached hydrogen (secondary N) is 5. The summed E-state index contributed by atoms with van der Waals surface area (Å²) in [4.78, 5) is 76.6. The zero-order valence-corrected chi connectivity index (χ0v) is 72.6. The van der Waals surface area contributed by atoms with E-state index >= 15 is 0 Å². The summed E-state index contributed by atoms with van der Waals surface area (Å²) in [5.41, 5.74) is 0. The lowest BCUT2D eigenvalue weighted by molar-refractivity contribution is -0.394. The van der Waals surface area contributed by atoms with Crippen LogP contribution in [0.4, 0.5) is 0 Å². The third-order valence-corrected chi connectivity index (χ3v) is 24.4. The van der Waals surface area contributed by atoms with E-state index in [4.69, 9.17) is 94.7 Å². The molecule has 10 fully saturated rings. The quantitative estimate of drug-likeness (QED) is 0.0253. The van der Waals surface area contributed by atoms with Crippen LogP contribution in [0.2, 0.25) is 0 Å². The Balaban J connectivity index is 0.954. The predicted molar refractivity (Wildman–Crippen MR) is 416 cm³/mol.